The van der Waals surface area contributed by atoms with E-state index in [1.165, 1.54) is 19.2 Å². The van der Waals surface area contributed by atoms with E-state index >= 15 is 0 Å². The molecule has 0 aliphatic heterocycles. The van der Waals surface area contributed by atoms with Crippen LogP contribution in [0.3, 0.4) is 0 Å². The zero-order chi connectivity index (χ0) is 22.0. The summed E-state index contributed by atoms with van der Waals surface area (Å²) in [6.45, 7) is 2.81. The number of ether oxygens (including phenoxy) is 1. The third-order valence-electron chi connectivity index (χ3n) is 5.59. The van der Waals surface area contributed by atoms with Crippen LogP contribution in [0.1, 0.15) is 38.2 Å². The number of phenols is 2. The predicted molar refractivity (Wildman–Crippen MR) is 116 cm³/mol. The fraction of sp³-hybridized carbons (Fsp3) is 0.500. The molecule has 0 bridgehead atoms. The number of aromatic nitrogens is 5. The van der Waals surface area contributed by atoms with Crippen LogP contribution >= 0.6 is 0 Å². The van der Waals surface area contributed by atoms with Crippen LogP contribution in [0.15, 0.2) is 12.1 Å². The van der Waals surface area contributed by atoms with E-state index in [-0.39, 0.29) is 35.9 Å². The molecule has 0 atom stereocenters. The smallest absolute Gasteiger partial charge is 0.227 e. The molecule has 2 heterocycles. The van der Waals surface area contributed by atoms with Gasteiger partial charge in [-0.15, -0.1) is 5.10 Å². The second kappa shape index (κ2) is 8.80. The maximum Gasteiger partial charge on any atom is 0.227 e. The Morgan fingerprint density at radius 3 is 2.65 bits per heavy atom. The van der Waals surface area contributed by atoms with Gasteiger partial charge in [0.1, 0.15) is 5.75 Å². The van der Waals surface area contributed by atoms with Crippen molar-refractivity contribution in [2.45, 2.75) is 57.8 Å². The monoisotopic (exact) mass is 428 g/mol. The van der Waals surface area contributed by atoms with Gasteiger partial charge >= 0.3 is 0 Å². The van der Waals surface area contributed by atoms with Crippen molar-refractivity contribution < 1.29 is 14.9 Å². The van der Waals surface area contributed by atoms with Crippen molar-refractivity contribution in [2.24, 2.45) is 5.73 Å². The molecule has 1 saturated carbocycles. The summed E-state index contributed by atoms with van der Waals surface area (Å²) >= 11 is 0. The Morgan fingerprint density at radius 2 is 1.94 bits per heavy atom. The van der Waals surface area contributed by atoms with Crippen LogP contribution in [-0.2, 0) is 13.1 Å². The van der Waals surface area contributed by atoms with Crippen molar-refractivity contribution in [2.75, 3.05) is 17.7 Å². The Labute approximate surface area is 179 Å². The summed E-state index contributed by atoms with van der Waals surface area (Å²) in [4.78, 5) is 9.24. The van der Waals surface area contributed by atoms with E-state index in [0.29, 0.717) is 35.0 Å². The third-order valence-corrected chi connectivity index (χ3v) is 5.59. The molecular weight excluding hydrogens is 400 g/mol. The van der Waals surface area contributed by atoms with Crippen molar-refractivity contribution >= 4 is 22.9 Å². The molecule has 166 valence electrons. The molecule has 11 heteroatoms. The van der Waals surface area contributed by atoms with Gasteiger partial charge in [-0.2, -0.15) is 9.97 Å². The van der Waals surface area contributed by atoms with Gasteiger partial charge in [0.05, 0.1) is 7.11 Å². The number of nitrogens with two attached hydrogens (primary N) is 1. The molecule has 6 N–H and O–H groups in total. The van der Waals surface area contributed by atoms with E-state index in [9.17, 15) is 10.2 Å². The van der Waals surface area contributed by atoms with Gasteiger partial charge in [0.2, 0.25) is 5.95 Å². The number of anilines is 2. The molecule has 0 radical (unpaired) electrons. The van der Waals surface area contributed by atoms with Gasteiger partial charge in [0.15, 0.2) is 28.5 Å². The van der Waals surface area contributed by atoms with E-state index in [4.69, 9.17) is 10.5 Å². The molecular formula is C20H28N8O3. The summed E-state index contributed by atoms with van der Waals surface area (Å²) in [6.07, 6.45) is 3.88. The van der Waals surface area contributed by atoms with Crippen LogP contribution in [0, 0.1) is 0 Å². The van der Waals surface area contributed by atoms with Crippen LogP contribution in [0.25, 0.3) is 11.2 Å². The minimum Gasteiger partial charge on any atom is -0.507 e. The number of nitrogens with zero attached hydrogens (tertiary/aromatic N) is 5. The molecule has 31 heavy (non-hydrogen) atoms. The van der Waals surface area contributed by atoms with Crippen LogP contribution < -0.4 is 21.1 Å². The Morgan fingerprint density at radius 1 is 1.16 bits per heavy atom. The van der Waals surface area contributed by atoms with Crippen molar-refractivity contribution in [1.82, 2.24) is 25.0 Å². The van der Waals surface area contributed by atoms with E-state index in [1.807, 2.05) is 6.92 Å². The maximum absolute atomic E-state index is 10.3. The molecule has 0 unspecified atom stereocenters. The highest BCUT2D eigenvalue weighted by molar-refractivity contribution is 5.83. The van der Waals surface area contributed by atoms with Gasteiger partial charge in [-0.1, -0.05) is 5.21 Å². The molecule has 1 aliphatic carbocycles. The van der Waals surface area contributed by atoms with Crippen molar-refractivity contribution in [3.63, 3.8) is 0 Å². The van der Waals surface area contributed by atoms with Crippen molar-refractivity contribution in [1.29, 1.82) is 0 Å². The predicted octanol–water partition coefficient (Wildman–Crippen LogP) is 1.95. The minimum atomic E-state index is -0.0558. The average Bonchev–Trinajstić information content (AvgIpc) is 3.18. The second-order valence-corrected chi connectivity index (χ2v) is 7.74. The number of fused-ring (bicyclic) bond motifs is 1. The highest BCUT2D eigenvalue weighted by Crippen LogP contribution is 2.33. The first-order valence-electron chi connectivity index (χ1n) is 10.4. The Hall–Kier alpha value is -3.34. The lowest BCUT2D eigenvalue weighted by atomic mass is 9.92. The quantitative estimate of drug-likeness (QED) is 0.352. The first kappa shape index (κ1) is 20.9. The summed E-state index contributed by atoms with van der Waals surface area (Å²) in [5.41, 5.74) is 7.66. The molecule has 1 fully saturated rings. The number of hydrogen-bond acceptors (Lipinski definition) is 10. The van der Waals surface area contributed by atoms with Crippen LogP contribution in [0.5, 0.6) is 17.2 Å². The standard InChI is InChI=1S/C20H28N8O3/c1-3-28-19-17(26-27-28)18(22-10-11-8-15(30)16(31-2)9-14(11)29)24-20(25-19)23-13-6-4-12(21)5-7-13/h8-9,12-13,29-30H,3-7,10,21H2,1-2H3,(H2,22,23,24,25). The number of benzene rings is 1. The maximum atomic E-state index is 10.3. The largest absolute Gasteiger partial charge is 0.507 e. The lowest BCUT2D eigenvalue weighted by molar-refractivity contribution is 0.367. The summed E-state index contributed by atoms with van der Waals surface area (Å²) in [5.74, 6) is 1.14. The van der Waals surface area contributed by atoms with Gasteiger partial charge < -0.3 is 31.3 Å². The molecule has 0 spiro atoms. The summed E-state index contributed by atoms with van der Waals surface area (Å²) in [7, 11) is 1.43. The van der Waals surface area contributed by atoms with Crippen molar-refractivity contribution in [3.05, 3.63) is 17.7 Å². The summed E-state index contributed by atoms with van der Waals surface area (Å²) in [5, 5.41) is 35.3. The summed E-state index contributed by atoms with van der Waals surface area (Å²) < 4.78 is 6.73. The molecule has 0 saturated heterocycles. The SMILES string of the molecule is CCn1nnc2c(NCc3cc(O)c(OC)cc3O)nc(NC3CCC(N)CC3)nc21. The molecule has 1 aromatic carbocycles. The number of hydrogen-bond donors (Lipinski definition) is 5. The third kappa shape index (κ3) is 4.41. The Kier molecular flexibility index (Phi) is 5.94. The zero-order valence-corrected chi connectivity index (χ0v) is 17.7. The molecule has 2 aromatic heterocycles. The highest BCUT2D eigenvalue weighted by atomic mass is 16.5. The fourth-order valence-corrected chi connectivity index (χ4v) is 3.79. The van der Waals surface area contributed by atoms with E-state index < -0.39 is 0 Å². The molecule has 0 amide bonds. The first-order valence-corrected chi connectivity index (χ1v) is 10.4. The highest BCUT2D eigenvalue weighted by Gasteiger charge is 2.21. The number of aryl methyl sites for hydroxylation is 1. The van der Waals surface area contributed by atoms with Crippen LogP contribution in [0.2, 0.25) is 0 Å². The van der Waals surface area contributed by atoms with Gasteiger partial charge in [-0.05, 0) is 38.7 Å². The molecule has 4 rings (SSSR count). The zero-order valence-electron chi connectivity index (χ0n) is 17.7. The number of nitrogens with one attached hydrogen (secondary N) is 2. The number of rotatable bonds is 7. The molecule has 11 nitrogen and oxygen atoms in total. The minimum absolute atomic E-state index is 0.00144. The van der Waals surface area contributed by atoms with E-state index in [0.717, 1.165) is 25.7 Å². The second-order valence-electron chi connectivity index (χ2n) is 7.74. The normalized spacial score (nSPS) is 18.8. The van der Waals surface area contributed by atoms with Crippen molar-refractivity contribution in [3.8, 4) is 17.2 Å². The fourth-order valence-electron chi connectivity index (χ4n) is 3.79. The van der Waals surface area contributed by atoms with Crippen LogP contribution in [0.4, 0.5) is 11.8 Å². The topological polar surface area (TPSA) is 156 Å². The Bertz CT molecular complexity index is 1060. The molecule has 1 aliphatic rings. The number of phenolic OH excluding ortho intramolecular Hbond substituents is 2. The first-order chi connectivity index (χ1) is 15.0. The van der Waals surface area contributed by atoms with E-state index in [1.54, 1.807) is 4.68 Å². The molecule has 3 aromatic rings. The van der Waals surface area contributed by atoms with Gasteiger partial charge in [0, 0.05) is 36.8 Å². The van der Waals surface area contributed by atoms with Gasteiger partial charge in [-0.3, -0.25) is 0 Å². The van der Waals surface area contributed by atoms with Gasteiger partial charge in [-0.25, -0.2) is 4.68 Å². The summed E-state index contributed by atoms with van der Waals surface area (Å²) in [6, 6.07) is 3.35. The number of aromatic hydroxyl groups is 2. The Balaban J connectivity index is 1.60. The van der Waals surface area contributed by atoms with Gasteiger partial charge in [0.25, 0.3) is 0 Å². The lowest BCUT2D eigenvalue weighted by Gasteiger charge is -2.26. The van der Waals surface area contributed by atoms with E-state index in [2.05, 4.69) is 30.9 Å². The number of methoxy groups -OCH3 is 1. The van der Waals surface area contributed by atoms with Crippen LogP contribution in [-0.4, -0.2) is 54.4 Å². The lowest BCUT2D eigenvalue weighted by Crippen LogP contribution is -2.33. The average molecular weight is 428 g/mol.